The molecule has 0 bridgehead atoms. The molecule has 0 radical (unpaired) electrons. The highest BCUT2D eigenvalue weighted by molar-refractivity contribution is 7.91. The van der Waals surface area contributed by atoms with Crippen molar-refractivity contribution in [3.8, 4) is 11.5 Å². The number of benzene rings is 2. The summed E-state index contributed by atoms with van der Waals surface area (Å²) in [5.41, 5.74) is 2.32. The Morgan fingerprint density at radius 2 is 1.74 bits per heavy atom. The summed E-state index contributed by atoms with van der Waals surface area (Å²) in [7, 11) is -1.51. The molecule has 1 fully saturated rings. The van der Waals surface area contributed by atoms with Crippen LogP contribution in [0.3, 0.4) is 0 Å². The summed E-state index contributed by atoms with van der Waals surface area (Å²) in [6, 6.07) is 17.7. The smallest absolute Gasteiger partial charge is 0.246 e. The Balaban J connectivity index is 1.54. The molecule has 0 saturated carbocycles. The molecular weight excluding hydrogens is 454 g/mol. The van der Waals surface area contributed by atoms with Crippen LogP contribution in [0.4, 0.5) is 5.69 Å². The van der Waals surface area contributed by atoms with Gasteiger partial charge in [-0.15, -0.1) is 0 Å². The summed E-state index contributed by atoms with van der Waals surface area (Å²) in [5, 5.41) is 2.97. The van der Waals surface area contributed by atoms with Crippen LogP contribution in [-0.4, -0.2) is 55.9 Å². The zero-order chi connectivity index (χ0) is 24.0. The Morgan fingerprint density at radius 3 is 2.41 bits per heavy atom. The van der Waals surface area contributed by atoms with Crippen molar-refractivity contribution in [2.75, 3.05) is 37.0 Å². The maximum atomic E-state index is 13.4. The van der Waals surface area contributed by atoms with Crippen LogP contribution in [0, 0.1) is 0 Å². The van der Waals surface area contributed by atoms with Crippen LogP contribution in [-0.2, 0) is 21.2 Å². The van der Waals surface area contributed by atoms with Crippen molar-refractivity contribution < 1.29 is 22.7 Å². The first-order chi connectivity index (χ1) is 16.4. The van der Waals surface area contributed by atoms with Gasteiger partial charge in [0.1, 0.15) is 12.6 Å². The average molecular weight is 482 g/mol. The molecular formula is C25H27N3O5S. The molecule has 178 valence electrons. The molecule has 0 aliphatic carbocycles. The Bertz CT molecular complexity index is 1210. The van der Waals surface area contributed by atoms with Gasteiger partial charge < -0.3 is 14.8 Å². The van der Waals surface area contributed by atoms with Crippen LogP contribution >= 0.6 is 0 Å². The molecule has 4 rings (SSSR count). The van der Waals surface area contributed by atoms with Gasteiger partial charge in [-0.05, 0) is 35.4 Å². The number of methoxy groups -OCH3 is 1. The van der Waals surface area contributed by atoms with Crippen LogP contribution in [0.15, 0.2) is 73.1 Å². The highest BCUT2D eigenvalue weighted by atomic mass is 32.2. The molecule has 1 aromatic heterocycles. The second kappa shape index (κ2) is 10.7. The Kier molecular flexibility index (Phi) is 7.44. The number of nitrogens with zero attached hydrogens (tertiary/aromatic N) is 2. The van der Waals surface area contributed by atoms with E-state index in [1.807, 2.05) is 47.4 Å². The third kappa shape index (κ3) is 5.92. The molecule has 1 atom stereocenters. The molecule has 2 heterocycles. The summed E-state index contributed by atoms with van der Waals surface area (Å²) in [5.74, 6) is 0.888. The molecule has 9 heteroatoms. The van der Waals surface area contributed by atoms with Crippen molar-refractivity contribution >= 4 is 21.4 Å². The monoisotopic (exact) mass is 481 g/mol. The fourth-order valence-corrected chi connectivity index (χ4v) is 5.10. The van der Waals surface area contributed by atoms with Gasteiger partial charge in [0.25, 0.3) is 0 Å². The predicted molar refractivity (Wildman–Crippen MR) is 130 cm³/mol. The van der Waals surface area contributed by atoms with Crippen molar-refractivity contribution in [2.24, 2.45) is 0 Å². The van der Waals surface area contributed by atoms with Crippen LogP contribution in [0.5, 0.6) is 11.5 Å². The molecule has 1 unspecified atom stereocenters. The van der Waals surface area contributed by atoms with Crippen LogP contribution in [0.25, 0.3) is 0 Å². The minimum Gasteiger partial charge on any atom is -0.493 e. The highest BCUT2D eigenvalue weighted by Crippen LogP contribution is 2.32. The van der Waals surface area contributed by atoms with Crippen LogP contribution < -0.4 is 14.8 Å². The topological polar surface area (TPSA) is 97.8 Å². The van der Waals surface area contributed by atoms with Crippen LogP contribution in [0.2, 0.25) is 0 Å². The normalized spacial score (nSPS) is 16.4. The second-order valence-electron chi connectivity index (χ2n) is 8.00. The molecule has 8 nitrogen and oxygen atoms in total. The number of rotatable bonds is 8. The fraction of sp³-hybridized carbons (Fsp3) is 0.280. The average Bonchev–Trinajstić information content (AvgIpc) is 2.85. The summed E-state index contributed by atoms with van der Waals surface area (Å²) < 4.78 is 35.2. The number of sulfone groups is 1. The van der Waals surface area contributed by atoms with E-state index in [1.165, 1.54) is 0 Å². The highest BCUT2D eigenvalue weighted by Gasteiger charge is 2.32. The van der Waals surface area contributed by atoms with E-state index in [9.17, 15) is 13.2 Å². The van der Waals surface area contributed by atoms with E-state index >= 15 is 0 Å². The number of anilines is 1. The molecule has 2 aromatic carbocycles. The molecule has 1 saturated heterocycles. The number of pyridine rings is 1. The van der Waals surface area contributed by atoms with Crippen molar-refractivity contribution in [1.29, 1.82) is 0 Å². The predicted octanol–water partition coefficient (Wildman–Crippen LogP) is 3.08. The number of carbonyl (C=O) groups excluding carboxylic acids is 1. The van der Waals surface area contributed by atoms with Crippen molar-refractivity contribution in [3.05, 3.63) is 84.2 Å². The third-order valence-corrected chi connectivity index (χ3v) is 7.29. The second-order valence-corrected chi connectivity index (χ2v) is 10.3. The van der Waals surface area contributed by atoms with E-state index in [2.05, 4.69) is 10.3 Å². The Morgan fingerprint density at radius 1 is 1.03 bits per heavy atom. The first-order valence-corrected chi connectivity index (χ1v) is 12.8. The van der Waals surface area contributed by atoms with Crippen molar-refractivity contribution in [2.45, 2.75) is 12.6 Å². The lowest BCUT2D eigenvalue weighted by molar-refractivity contribution is -0.121. The summed E-state index contributed by atoms with van der Waals surface area (Å²) in [6.07, 6.45) is 3.39. The molecule has 34 heavy (non-hydrogen) atoms. The Labute approximate surface area is 199 Å². The molecule has 3 aromatic rings. The van der Waals surface area contributed by atoms with Gasteiger partial charge in [-0.1, -0.05) is 30.3 Å². The van der Waals surface area contributed by atoms with E-state index in [0.29, 0.717) is 36.9 Å². The number of ether oxygens (including phenoxy) is 2. The molecule has 1 amide bonds. The summed E-state index contributed by atoms with van der Waals surface area (Å²) >= 11 is 0. The van der Waals surface area contributed by atoms with Gasteiger partial charge in [0.05, 0.1) is 18.6 Å². The van der Waals surface area contributed by atoms with Crippen molar-refractivity contribution in [3.63, 3.8) is 0 Å². The zero-order valence-electron chi connectivity index (χ0n) is 18.9. The lowest BCUT2D eigenvalue weighted by atomic mass is 10.0. The summed E-state index contributed by atoms with van der Waals surface area (Å²) in [4.78, 5) is 19.4. The number of hydrogen-bond acceptors (Lipinski definition) is 7. The van der Waals surface area contributed by atoms with Gasteiger partial charge >= 0.3 is 0 Å². The minimum atomic E-state index is -3.07. The standard InChI is InChI=1S/C25H27N3O5S/c1-32-22-8-7-21(17-23(22)33-18-19-9-11-26-12-10-19)27-25(29)24(20-5-3-2-4-6-20)28-13-15-34(30,31)16-14-28/h2-12,17,24H,13-16,18H2,1H3,(H,27,29). The lowest BCUT2D eigenvalue weighted by Crippen LogP contribution is -2.46. The van der Waals surface area contributed by atoms with Gasteiger partial charge in [-0.25, -0.2) is 8.42 Å². The quantitative estimate of drug-likeness (QED) is 0.528. The molecule has 1 aliphatic heterocycles. The van der Waals surface area contributed by atoms with Gasteiger partial charge in [-0.3, -0.25) is 14.7 Å². The number of carbonyl (C=O) groups is 1. The lowest BCUT2D eigenvalue weighted by Gasteiger charge is -2.33. The Hall–Kier alpha value is -3.43. The SMILES string of the molecule is COc1ccc(NC(=O)C(c2ccccc2)N2CCS(=O)(=O)CC2)cc1OCc1ccncc1. The fourth-order valence-electron chi connectivity index (χ4n) is 3.87. The number of hydrogen-bond donors (Lipinski definition) is 1. The van der Waals surface area contributed by atoms with E-state index in [0.717, 1.165) is 11.1 Å². The minimum absolute atomic E-state index is 0.0408. The van der Waals surface area contributed by atoms with Crippen LogP contribution in [0.1, 0.15) is 17.2 Å². The van der Waals surface area contributed by atoms with E-state index in [4.69, 9.17) is 9.47 Å². The molecule has 0 spiro atoms. The maximum absolute atomic E-state index is 13.4. The van der Waals surface area contributed by atoms with Gasteiger partial charge in [0.2, 0.25) is 5.91 Å². The number of aromatic nitrogens is 1. The van der Waals surface area contributed by atoms with Gasteiger partial charge in [0.15, 0.2) is 21.3 Å². The first kappa shape index (κ1) is 23.7. The number of nitrogens with one attached hydrogen (secondary N) is 1. The third-order valence-electron chi connectivity index (χ3n) is 5.68. The van der Waals surface area contributed by atoms with E-state index in [1.54, 1.807) is 37.7 Å². The molecule has 1 aliphatic rings. The summed E-state index contributed by atoms with van der Waals surface area (Å²) in [6.45, 7) is 0.932. The van der Waals surface area contributed by atoms with E-state index in [-0.39, 0.29) is 17.4 Å². The maximum Gasteiger partial charge on any atom is 0.246 e. The van der Waals surface area contributed by atoms with E-state index < -0.39 is 15.9 Å². The number of amides is 1. The van der Waals surface area contributed by atoms with Gasteiger partial charge in [0, 0.05) is 37.2 Å². The first-order valence-electron chi connectivity index (χ1n) is 11.0. The van der Waals surface area contributed by atoms with Crippen molar-refractivity contribution in [1.82, 2.24) is 9.88 Å². The molecule has 1 N–H and O–H groups in total. The zero-order valence-corrected chi connectivity index (χ0v) is 19.7. The largest absolute Gasteiger partial charge is 0.493 e. The van der Waals surface area contributed by atoms with Gasteiger partial charge in [-0.2, -0.15) is 0 Å².